The number of hydrogen-bond donors (Lipinski definition) is 3. The zero-order valence-corrected chi connectivity index (χ0v) is 13.7. The fraction of sp³-hybridized carbons (Fsp3) is 0.500. The fourth-order valence-electron chi connectivity index (χ4n) is 3.23. The van der Waals surface area contributed by atoms with Crippen LogP contribution in [0.2, 0.25) is 0 Å². The largest absolute Gasteiger partial charge is 0.478 e. The summed E-state index contributed by atoms with van der Waals surface area (Å²) in [5.41, 5.74) is 1.12. The number of methoxy groups -OCH3 is 1. The summed E-state index contributed by atoms with van der Waals surface area (Å²) in [7, 11) is 1.72. The maximum atomic E-state index is 12.3. The van der Waals surface area contributed by atoms with Crippen LogP contribution in [0.1, 0.15) is 46.5 Å². The van der Waals surface area contributed by atoms with Gasteiger partial charge in [0.1, 0.15) is 5.69 Å². The predicted octanol–water partition coefficient (Wildman–Crippen LogP) is 2.86. The molecule has 0 radical (unpaired) electrons. The van der Waals surface area contributed by atoms with Gasteiger partial charge in [-0.05, 0) is 18.9 Å². The van der Waals surface area contributed by atoms with Gasteiger partial charge >= 0.3 is 5.97 Å². The lowest BCUT2D eigenvalue weighted by atomic mass is 9.86. The minimum absolute atomic E-state index is 0.204. The molecule has 1 aliphatic carbocycles. The van der Waals surface area contributed by atoms with Gasteiger partial charge in [-0.3, -0.25) is 4.79 Å². The van der Waals surface area contributed by atoms with Crippen molar-refractivity contribution >= 4 is 33.4 Å². The van der Waals surface area contributed by atoms with E-state index in [1.54, 1.807) is 18.6 Å². The van der Waals surface area contributed by atoms with Crippen molar-refractivity contribution in [1.82, 2.24) is 10.3 Å². The Morgan fingerprint density at radius 1 is 1.43 bits per heavy atom. The van der Waals surface area contributed by atoms with Gasteiger partial charge < -0.3 is 20.1 Å². The summed E-state index contributed by atoms with van der Waals surface area (Å²) in [5, 5.41) is 13.6. The van der Waals surface area contributed by atoms with Crippen molar-refractivity contribution in [3.63, 3.8) is 0 Å². The van der Waals surface area contributed by atoms with E-state index in [0.717, 1.165) is 17.5 Å². The number of nitrogens with one attached hydrogen (secondary N) is 2. The fourth-order valence-corrected chi connectivity index (χ4v) is 4.15. The first-order chi connectivity index (χ1) is 11.1. The maximum absolute atomic E-state index is 12.3. The van der Waals surface area contributed by atoms with Gasteiger partial charge in [0.2, 0.25) is 0 Å². The van der Waals surface area contributed by atoms with Gasteiger partial charge in [-0.15, -0.1) is 11.3 Å². The monoisotopic (exact) mass is 336 g/mol. The van der Waals surface area contributed by atoms with Crippen LogP contribution in [-0.4, -0.2) is 41.7 Å². The Kier molecular flexibility index (Phi) is 4.68. The normalized spacial score (nSPS) is 21.4. The second-order valence-electron chi connectivity index (χ2n) is 5.91. The molecule has 0 bridgehead atoms. The molecule has 1 saturated carbocycles. The number of carboxylic acid groups (broad SMARTS) is 1. The van der Waals surface area contributed by atoms with E-state index in [1.165, 1.54) is 24.2 Å². The van der Waals surface area contributed by atoms with Crippen LogP contribution >= 0.6 is 11.3 Å². The number of aromatic nitrogens is 1. The topological polar surface area (TPSA) is 91.4 Å². The number of thiophene rings is 1. The molecule has 6 nitrogen and oxygen atoms in total. The smallest absolute Gasteiger partial charge is 0.338 e. The van der Waals surface area contributed by atoms with Crippen LogP contribution in [0.25, 0.3) is 10.2 Å². The molecule has 1 fully saturated rings. The number of ether oxygens (including phenoxy) is 1. The van der Waals surface area contributed by atoms with E-state index in [2.05, 4.69) is 10.3 Å². The van der Waals surface area contributed by atoms with Crippen LogP contribution < -0.4 is 5.32 Å². The first-order valence-corrected chi connectivity index (χ1v) is 8.62. The van der Waals surface area contributed by atoms with Crippen molar-refractivity contribution < 1.29 is 19.4 Å². The van der Waals surface area contributed by atoms with Crippen molar-refractivity contribution in [3.8, 4) is 0 Å². The van der Waals surface area contributed by atoms with E-state index >= 15 is 0 Å². The van der Waals surface area contributed by atoms with Crippen molar-refractivity contribution in [3.05, 3.63) is 22.7 Å². The zero-order valence-electron chi connectivity index (χ0n) is 12.9. The van der Waals surface area contributed by atoms with Crippen LogP contribution in [0, 0.1) is 5.92 Å². The average Bonchev–Trinajstić information content (AvgIpc) is 3.12. The average molecular weight is 336 g/mol. The molecule has 0 aromatic carbocycles. The van der Waals surface area contributed by atoms with Gasteiger partial charge in [-0.2, -0.15) is 0 Å². The SMILES string of the molecule is CO[C@@H]1CCCC[C@H]1CNC(=O)c1cc2scc(C(=O)O)c2[nH]1. The number of carboxylic acids is 1. The van der Waals surface area contributed by atoms with Crippen molar-refractivity contribution in [2.24, 2.45) is 5.92 Å². The third-order valence-corrected chi connectivity index (χ3v) is 5.43. The van der Waals surface area contributed by atoms with Crippen LogP contribution in [0.3, 0.4) is 0 Å². The van der Waals surface area contributed by atoms with Crippen molar-refractivity contribution in [2.75, 3.05) is 13.7 Å². The molecule has 1 amide bonds. The Balaban J connectivity index is 1.67. The van der Waals surface area contributed by atoms with Gasteiger partial charge in [0.05, 0.1) is 21.9 Å². The zero-order chi connectivity index (χ0) is 16.4. The molecule has 23 heavy (non-hydrogen) atoms. The number of rotatable bonds is 5. The molecule has 0 saturated heterocycles. The van der Waals surface area contributed by atoms with E-state index in [4.69, 9.17) is 9.84 Å². The van der Waals surface area contributed by atoms with E-state index in [1.807, 2.05) is 0 Å². The summed E-state index contributed by atoms with van der Waals surface area (Å²) < 4.78 is 6.27. The minimum Gasteiger partial charge on any atom is -0.478 e. The Labute approximate surface area is 137 Å². The number of carbonyl (C=O) groups excluding carboxylic acids is 1. The van der Waals surface area contributed by atoms with E-state index in [-0.39, 0.29) is 17.6 Å². The standard InChI is InChI=1S/C16H20N2O4S/c1-22-12-5-3-2-4-9(12)7-17-15(19)11-6-13-14(18-11)10(8-23-13)16(20)21/h6,8-9,12,18H,2-5,7H2,1H3,(H,17,19)(H,20,21)/t9-,12+/m0/s1. The molecule has 0 aliphatic heterocycles. The molecule has 0 unspecified atom stereocenters. The van der Waals surface area contributed by atoms with Gasteiger partial charge in [0.15, 0.2) is 0 Å². The number of aromatic amines is 1. The minimum atomic E-state index is -0.991. The molecule has 3 rings (SSSR count). The number of fused-ring (bicyclic) bond motifs is 1. The summed E-state index contributed by atoms with van der Waals surface area (Å²) >= 11 is 1.32. The van der Waals surface area contributed by atoms with Crippen LogP contribution in [-0.2, 0) is 4.74 Å². The summed E-state index contributed by atoms with van der Waals surface area (Å²) in [6.45, 7) is 0.579. The van der Waals surface area contributed by atoms with Gasteiger partial charge in [-0.25, -0.2) is 4.79 Å². The third kappa shape index (κ3) is 3.25. The van der Waals surface area contributed by atoms with Gasteiger partial charge in [0.25, 0.3) is 5.91 Å². The first-order valence-electron chi connectivity index (χ1n) is 7.74. The van der Waals surface area contributed by atoms with E-state index in [0.29, 0.717) is 23.7 Å². The predicted molar refractivity (Wildman–Crippen MR) is 88.2 cm³/mol. The lowest BCUT2D eigenvalue weighted by Gasteiger charge is -2.30. The highest BCUT2D eigenvalue weighted by atomic mass is 32.1. The number of carbonyl (C=O) groups is 2. The van der Waals surface area contributed by atoms with Crippen LogP contribution in [0.15, 0.2) is 11.4 Å². The molecule has 124 valence electrons. The molecule has 1 aliphatic rings. The van der Waals surface area contributed by atoms with Crippen LogP contribution in [0.4, 0.5) is 0 Å². The van der Waals surface area contributed by atoms with E-state index < -0.39 is 5.97 Å². The van der Waals surface area contributed by atoms with E-state index in [9.17, 15) is 9.59 Å². The molecular formula is C16H20N2O4S. The lowest BCUT2D eigenvalue weighted by molar-refractivity contribution is 0.0239. The first kappa shape index (κ1) is 16.0. The quantitative estimate of drug-likeness (QED) is 0.783. The number of amides is 1. The summed E-state index contributed by atoms with van der Waals surface area (Å²) in [6.07, 6.45) is 4.64. The highest BCUT2D eigenvalue weighted by Gasteiger charge is 2.25. The second kappa shape index (κ2) is 6.72. The molecular weight excluding hydrogens is 316 g/mol. The highest BCUT2D eigenvalue weighted by Crippen LogP contribution is 2.27. The number of aromatic carboxylic acids is 1. The summed E-state index contributed by atoms with van der Waals surface area (Å²) in [4.78, 5) is 26.4. The third-order valence-electron chi connectivity index (χ3n) is 4.50. The molecule has 0 spiro atoms. The molecule has 2 aromatic heterocycles. The molecule has 3 N–H and O–H groups in total. The maximum Gasteiger partial charge on any atom is 0.338 e. The Morgan fingerprint density at radius 2 is 2.22 bits per heavy atom. The lowest BCUT2D eigenvalue weighted by Crippen LogP contribution is -2.37. The van der Waals surface area contributed by atoms with Crippen LogP contribution in [0.5, 0.6) is 0 Å². The second-order valence-corrected chi connectivity index (χ2v) is 6.82. The van der Waals surface area contributed by atoms with Gasteiger partial charge in [0, 0.05) is 25.0 Å². The Hall–Kier alpha value is -1.86. The highest BCUT2D eigenvalue weighted by molar-refractivity contribution is 7.17. The Morgan fingerprint density at radius 3 is 2.96 bits per heavy atom. The molecule has 2 aromatic rings. The Bertz CT molecular complexity index is 721. The van der Waals surface area contributed by atoms with Crippen molar-refractivity contribution in [2.45, 2.75) is 31.8 Å². The summed E-state index contributed by atoms with van der Waals surface area (Å²) in [6, 6.07) is 1.70. The number of hydrogen-bond acceptors (Lipinski definition) is 4. The molecule has 2 heterocycles. The van der Waals surface area contributed by atoms with Crippen molar-refractivity contribution in [1.29, 1.82) is 0 Å². The van der Waals surface area contributed by atoms with Gasteiger partial charge in [-0.1, -0.05) is 12.8 Å². The number of H-pyrrole nitrogens is 1. The molecule has 7 heteroatoms. The molecule has 2 atom stereocenters. The summed E-state index contributed by atoms with van der Waals surface area (Å²) in [5.74, 6) is -0.858.